The number of nitrogens with one attached hydrogen (secondary N) is 2. The number of fused-ring (bicyclic) bond motifs is 1. The van der Waals surface area contributed by atoms with Crippen LogP contribution in [0.3, 0.4) is 0 Å². The van der Waals surface area contributed by atoms with E-state index in [1.54, 1.807) is 24.1 Å². The first kappa shape index (κ1) is 29.6. The summed E-state index contributed by atoms with van der Waals surface area (Å²) in [7, 11) is 0. The quantitative estimate of drug-likeness (QED) is 0.299. The van der Waals surface area contributed by atoms with Crippen LogP contribution >= 0.6 is 11.9 Å². The molecule has 1 heterocycles. The van der Waals surface area contributed by atoms with Crippen LogP contribution in [0.2, 0.25) is 0 Å². The lowest BCUT2D eigenvalue weighted by atomic mass is 9.96. The van der Waals surface area contributed by atoms with Crippen molar-refractivity contribution in [3.05, 3.63) is 117 Å². The first-order valence-corrected chi connectivity index (χ1v) is 14.1. The average molecular weight is 537 g/mol. The molecule has 0 aliphatic heterocycles. The predicted molar refractivity (Wildman–Crippen MR) is 159 cm³/mol. The number of halogens is 2. The van der Waals surface area contributed by atoms with Crippen LogP contribution < -0.4 is 10.3 Å². The van der Waals surface area contributed by atoms with E-state index in [9.17, 15) is 13.6 Å². The highest BCUT2D eigenvalue weighted by atomic mass is 32.2. The van der Waals surface area contributed by atoms with E-state index in [4.69, 9.17) is 0 Å². The number of benzene rings is 2. The molecule has 0 saturated heterocycles. The van der Waals surface area contributed by atoms with Crippen LogP contribution in [0.1, 0.15) is 55.9 Å². The fraction of sp³-hybridized carbons (Fsp3) is 0.344. The van der Waals surface area contributed by atoms with E-state index < -0.39 is 11.5 Å². The second-order valence-electron chi connectivity index (χ2n) is 10.5. The number of rotatable bonds is 7. The number of hydrogen-bond donors (Lipinski definition) is 2. The Bertz CT molecular complexity index is 1360. The average Bonchev–Trinajstić information content (AvgIpc) is 2.81. The normalized spacial score (nSPS) is 17.0. The van der Waals surface area contributed by atoms with Gasteiger partial charge in [-0.2, -0.15) is 0 Å². The number of aromatic amines is 1. The van der Waals surface area contributed by atoms with Crippen molar-refractivity contribution in [2.75, 3.05) is 6.26 Å². The summed E-state index contributed by atoms with van der Waals surface area (Å²) in [6.45, 7) is 7.39. The molecule has 3 aromatic rings. The summed E-state index contributed by atoms with van der Waals surface area (Å²) in [4.78, 5) is 14.2. The highest BCUT2D eigenvalue weighted by Gasteiger charge is 2.27. The maximum absolute atomic E-state index is 13.9. The largest absolute Gasteiger partial charge is 0.322 e. The molecule has 2 N–H and O–H groups in total. The van der Waals surface area contributed by atoms with Gasteiger partial charge in [-0.05, 0) is 81.5 Å². The van der Waals surface area contributed by atoms with Gasteiger partial charge in [-0.15, -0.1) is 0 Å². The van der Waals surface area contributed by atoms with Crippen molar-refractivity contribution in [2.24, 2.45) is 0 Å². The number of aromatic nitrogens is 1. The van der Waals surface area contributed by atoms with E-state index in [1.807, 2.05) is 24.3 Å². The Morgan fingerprint density at radius 2 is 1.68 bits per heavy atom. The minimum absolute atomic E-state index is 0.161. The lowest BCUT2D eigenvalue weighted by Gasteiger charge is -2.24. The third-order valence-corrected chi connectivity index (χ3v) is 6.99. The summed E-state index contributed by atoms with van der Waals surface area (Å²) in [6.07, 6.45) is 16.1. The van der Waals surface area contributed by atoms with Crippen LogP contribution in [0, 0.1) is 6.92 Å². The van der Waals surface area contributed by atoms with E-state index in [0.29, 0.717) is 17.3 Å². The monoisotopic (exact) mass is 536 g/mol. The Hall–Kier alpha value is -2.96. The van der Waals surface area contributed by atoms with Crippen molar-refractivity contribution >= 4 is 22.9 Å². The third-order valence-electron chi connectivity index (χ3n) is 6.23. The van der Waals surface area contributed by atoms with E-state index in [0.717, 1.165) is 43.4 Å². The molecule has 202 valence electrons. The van der Waals surface area contributed by atoms with E-state index in [1.165, 1.54) is 11.1 Å². The van der Waals surface area contributed by atoms with Gasteiger partial charge in [0, 0.05) is 35.0 Å². The second-order valence-corrected chi connectivity index (χ2v) is 11.1. The molecule has 6 heteroatoms. The third kappa shape index (κ3) is 9.10. The predicted octanol–water partition coefficient (Wildman–Crippen LogP) is 8.20. The topological polar surface area (TPSA) is 44.9 Å². The van der Waals surface area contributed by atoms with Crippen LogP contribution in [0.25, 0.3) is 10.9 Å². The number of alkyl halides is 2. The molecule has 1 aliphatic carbocycles. The lowest BCUT2D eigenvalue weighted by molar-refractivity contribution is 0.0189. The van der Waals surface area contributed by atoms with Gasteiger partial charge in [-0.25, -0.2) is 8.78 Å². The summed E-state index contributed by atoms with van der Waals surface area (Å²) in [6, 6.07) is 15.1. The molecule has 3 nitrogen and oxygen atoms in total. The van der Waals surface area contributed by atoms with Gasteiger partial charge in [0.2, 0.25) is 5.56 Å². The summed E-state index contributed by atoms with van der Waals surface area (Å²) in [5, 5.41) is 0.398. The maximum Gasteiger partial charge on any atom is 0.271 e. The van der Waals surface area contributed by atoms with Crippen LogP contribution in [-0.4, -0.2) is 16.8 Å². The molecule has 0 amide bonds. The fourth-order valence-electron chi connectivity index (χ4n) is 4.46. The van der Waals surface area contributed by atoms with Gasteiger partial charge in [0.1, 0.15) is 0 Å². The van der Waals surface area contributed by atoms with Crippen molar-refractivity contribution in [1.82, 2.24) is 9.71 Å². The van der Waals surface area contributed by atoms with Crippen molar-refractivity contribution in [3.8, 4) is 0 Å². The highest BCUT2D eigenvalue weighted by molar-refractivity contribution is 7.96. The van der Waals surface area contributed by atoms with Gasteiger partial charge in [-0.1, -0.05) is 78.2 Å². The van der Waals surface area contributed by atoms with Crippen molar-refractivity contribution in [3.63, 3.8) is 0 Å². The molecule has 1 aromatic heterocycles. The van der Waals surface area contributed by atoms with Gasteiger partial charge in [0.05, 0.1) is 0 Å². The second kappa shape index (κ2) is 13.2. The summed E-state index contributed by atoms with van der Waals surface area (Å²) < 4.78 is 31.1. The molecule has 1 aliphatic rings. The number of H-pyrrole nitrogens is 1. The smallest absolute Gasteiger partial charge is 0.271 e. The molecule has 0 atom stereocenters. The van der Waals surface area contributed by atoms with Crippen molar-refractivity contribution in [2.45, 2.75) is 64.8 Å². The van der Waals surface area contributed by atoms with Crippen LogP contribution in [0.5, 0.6) is 0 Å². The molecule has 38 heavy (non-hydrogen) atoms. The molecule has 0 spiro atoms. The minimum Gasteiger partial charge on any atom is -0.322 e. The zero-order chi connectivity index (χ0) is 27.8. The van der Waals surface area contributed by atoms with Gasteiger partial charge in [-0.3, -0.25) is 9.52 Å². The minimum atomic E-state index is -3.06. The Morgan fingerprint density at radius 1 is 0.974 bits per heavy atom. The SMILES string of the molecule is CC(F)(F)c1cc(=O)[nH]c2ccc(CC3=C/CC/C=C/C=C\3)cc12.CSNC(C)(C)Cc1ccc(C)cc1. The summed E-state index contributed by atoms with van der Waals surface area (Å²) >= 11 is 1.68. The Labute approximate surface area is 229 Å². The van der Waals surface area contributed by atoms with Crippen molar-refractivity contribution < 1.29 is 8.78 Å². The Morgan fingerprint density at radius 3 is 2.37 bits per heavy atom. The molecule has 2 aromatic carbocycles. The van der Waals surface area contributed by atoms with Crippen LogP contribution in [-0.2, 0) is 18.8 Å². The fourth-order valence-corrected chi connectivity index (χ4v) is 5.08. The molecule has 4 rings (SSSR count). The maximum atomic E-state index is 13.9. The van der Waals surface area contributed by atoms with E-state index in [2.05, 4.69) is 73.2 Å². The Balaban J connectivity index is 0.000000244. The summed E-state index contributed by atoms with van der Waals surface area (Å²) in [5.74, 6) is -3.06. The molecule has 0 saturated carbocycles. The number of pyridine rings is 1. The number of hydrogen-bond acceptors (Lipinski definition) is 3. The van der Waals surface area contributed by atoms with Gasteiger partial charge in [0.25, 0.3) is 5.92 Å². The summed E-state index contributed by atoms with van der Waals surface area (Å²) in [5.41, 5.74) is 4.68. The highest BCUT2D eigenvalue weighted by Crippen LogP contribution is 2.32. The van der Waals surface area contributed by atoms with Crippen LogP contribution in [0.4, 0.5) is 8.78 Å². The zero-order valence-corrected chi connectivity index (χ0v) is 23.7. The molecule has 0 unspecified atom stereocenters. The first-order valence-electron chi connectivity index (χ1n) is 12.9. The Kier molecular flexibility index (Phi) is 10.3. The number of allylic oxidation sites excluding steroid dienone is 6. The molecular formula is C32H38F2N2OS. The van der Waals surface area contributed by atoms with Crippen LogP contribution in [0.15, 0.2) is 89.3 Å². The first-order chi connectivity index (χ1) is 18.0. The molecule has 0 fully saturated rings. The lowest BCUT2D eigenvalue weighted by Crippen LogP contribution is -2.36. The van der Waals surface area contributed by atoms with E-state index >= 15 is 0 Å². The van der Waals surface area contributed by atoms with E-state index in [-0.39, 0.29) is 11.1 Å². The van der Waals surface area contributed by atoms with Gasteiger partial charge < -0.3 is 4.98 Å². The number of aryl methyl sites for hydroxylation is 1. The van der Waals surface area contributed by atoms with Crippen molar-refractivity contribution in [1.29, 1.82) is 0 Å². The molecule has 0 radical (unpaired) electrons. The molecular weight excluding hydrogens is 498 g/mol. The standard InChI is InChI=1S/C20H19F2NO.C12H19NS/c1-20(21,22)17-13-19(24)23-18-10-9-15(12-16(17)18)11-14-7-5-3-2-4-6-8-14;1-10-5-7-11(8-6-10)9-12(2,3)13-14-4/h2-3,5,7-10,12-13H,4,6,11H2,1H3,(H,23,24);5-8,13H,9H2,1-4H3/b3-2+,7-5-,14-8+;. The van der Waals surface area contributed by atoms with Gasteiger partial charge >= 0.3 is 0 Å². The molecule has 0 bridgehead atoms. The van der Waals surface area contributed by atoms with Gasteiger partial charge in [0.15, 0.2) is 0 Å². The zero-order valence-electron chi connectivity index (χ0n) is 22.9.